The number of nitrogens with zero attached hydrogens (tertiary/aromatic N) is 3. The predicted octanol–water partition coefficient (Wildman–Crippen LogP) is 4.02. The zero-order chi connectivity index (χ0) is 16.4. The molecular formula is C16H10BrN3O3. The first-order valence-electron chi connectivity index (χ1n) is 6.64. The number of benzene rings is 2. The van der Waals surface area contributed by atoms with Crippen LogP contribution in [0.4, 0.5) is 5.69 Å². The number of aldehydes is 1. The molecule has 0 amide bonds. The number of halogens is 1. The highest BCUT2D eigenvalue weighted by Crippen LogP contribution is 2.25. The third-order valence-corrected chi connectivity index (χ3v) is 3.84. The summed E-state index contributed by atoms with van der Waals surface area (Å²) in [7, 11) is 0. The monoisotopic (exact) mass is 371 g/mol. The summed E-state index contributed by atoms with van der Waals surface area (Å²) in [5.41, 5.74) is 2.47. The van der Waals surface area contributed by atoms with Crippen LogP contribution in [-0.4, -0.2) is 21.0 Å². The number of hydrogen-bond donors (Lipinski definition) is 0. The number of carbonyl (C=O) groups is 1. The molecule has 0 spiro atoms. The summed E-state index contributed by atoms with van der Waals surface area (Å²) in [6.45, 7) is 0. The fraction of sp³-hybridized carbons (Fsp3) is 0. The second-order valence-electron chi connectivity index (χ2n) is 4.78. The molecule has 1 aromatic heterocycles. The van der Waals surface area contributed by atoms with Crippen LogP contribution in [0.2, 0.25) is 0 Å². The Morgan fingerprint density at radius 3 is 2.30 bits per heavy atom. The molecule has 3 rings (SSSR count). The van der Waals surface area contributed by atoms with Gasteiger partial charge in [0.25, 0.3) is 5.69 Å². The molecule has 2 aromatic carbocycles. The van der Waals surface area contributed by atoms with Gasteiger partial charge >= 0.3 is 0 Å². The van der Waals surface area contributed by atoms with Gasteiger partial charge < -0.3 is 0 Å². The third kappa shape index (κ3) is 3.04. The van der Waals surface area contributed by atoms with Crippen molar-refractivity contribution >= 4 is 27.9 Å². The Balaban J connectivity index is 2.03. The SMILES string of the molecule is O=Cc1cn(-c2ccc([N+](=O)[O-])cc2)nc1-c1ccc(Br)cc1. The maximum Gasteiger partial charge on any atom is 0.269 e. The van der Waals surface area contributed by atoms with E-state index in [1.807, 2.05) is 24.3 Å². The maximum atomic E-state index is 11.3. The summed E-state index contributed by atoms with van der Waals surface area (Å²) in [6, 6.07) is 13.4. The summed E-state index contributed by atoms with van der Waals surface area (Å²) >= 11 is 3.36. The van der Waals surface area contributed by atoms with Crippen LogP contribution >= 0.6 is 15.9 Å². The molecule has 3 aromatic rings. The van der Waals surface area contributed by atoms with Crippen LogP contribution in [0.5, 0.6) is 0 Å². The second kappa shape index (κ2) is 6.13. The van der Waals surface area contributed by atoms with E-state index < -0.39 is 4.92 Å². The Morgan fingerprint density at radius 1 is 1.09 bits per heavy atom. The molecule has 0 aliphatic rings. The van der Waals surface area contributed by atoms with Crippen molar-refractivity contribution < 1.29 is 9.72 Å². The lowest BCUT2D eigenvalue weighted by Crippen LogP contribution is -1.95. The van der Waals surface area contributed by atoms with Crippen LogP contribution in [0, 0.1) is 10.1 Å². The Bertz CT molecular complexity index is 871. The Kier molecular flexibility index (Phi) is 4.03. The zero-order valence-corrected chi connectivity index (χ0v) is 13.3. The maximum absolute atomic E-state index is 11.3. The van der Waals surface area contributed by atoms with Gasteiger partial charge in [0.2, 0.25) is 0 Å². The van der Waals surface area contributed by atoms with Gasteiger partial charge in [0.1, 0.15) is 5.69 Å². The minimum atomic E-state index is -0.461. The minimum absolute atomic E-state index is 0.00431. The highest BCUT2D eigenvalue weighted by Gasteiger charge is 2.12. The van der Waals surface area contributed by atoms with Crippen LogP contribution in [-0.2, 0) is 0 Å². The van der Waals surface area contributed by atoms with E-state index in [0.717, 1.165) is 16.3 Å². The Morgan fingerprint density at radius 2 is 1.74 bits per heavy atom. The van der Waals surface area contributed by atoms with Gasteiger partial charge in [-0.2, -0.15) is 5.10 Å². The summed E-state index contributed by atoms with van der Waals surface area (Å²) < 4.78 is 2.47. The second-order valence-corrected chi connectivity index (χ2v) is 5.69. The normalized spacial score (nSPS) is 10.5. The van der Waals surface area contributed by atoms with Gasteiger partial charge in [0.05, 0.1) is 16.2 Å². The van der Waals surface area contributed by atoms with Crippen molar-refractivity contribution in [2.75, 3.05) is 0 Å². The highest BCUT2D eigenvalue weighted by molar-refractivity contribution is 9.10. The molecule has 0 atom stereocenters. The van der Waals surface area contributed by atoms with Crippen molar-refractivity contribution in [2.24, 2.45) is 0 Å². The number of aromatic nitrogens is 2. The van der Waals surface area contributed by atoms with Gasteiger partial charge in [0, 0.05) is 28.4 Å². The number of nitro benzene ring substituents is 1. The quantitative estimate of drug-likeness (QED) is 0.394. The van der Waals surface area contributed by atoms with E-state index >= 15 is 0 Å². The average molecular weight is 372 g/mol. The topological polar surface area (TPSA) is 78.0 Å². The van der Waals surface area contributed by atoms with Crippen LogP contribution in [0.3, 0.4) is 0 Å². The lowest BCUT2D eigenvalue weighted by atomic mass is 10.1. The van der Waals surface area contributed by atoms with Crippen molar-refractivity contribution in [3.05, 3.63) is 74.9 Å². The molecule has 0 fully saturated rings. The molecule has 6 nitrogen and oxygen atoms in total. The molecule has 0 aliphatic carbocycles. The van der Waals surface area contributed by atoms with Crippen molar-refractivity contribution in [2.45, 2.75) is 0 Å². The molecule has 0 saturated heterocycles. The van der Waals surface area contributed by atoms with E-state index in [1.54, 1.807) is 18.3 Å². The molecule has 0 radical (unpaired) electrons. The summed E-state index contributed by atoms with van der Waals surface area (Å²) in [6.07, 6.45) is 2.35. The van der Waals surface area contributed by atoms with Gasteiger partial charge in [0.15, 0.2) is 6.29 Å². The first kappa shape index (κ1) is 15.1. The van der Waals surface area contributed by atoms with Crippen molar-refractivity contribution in [1.82, 2.24) is 9.78 Å². The third-order valence-electron chi connectivity index (χ3n) is 3.31. The van der Waals surface area contributed by atoms with Gasteiger partial charge in [-0.3, -0.25) is 14.9 Å². The van der Waals surface area contributed by atoms with E-state index in [-0.39, 0.29) is 5.69 Å². The molecule has 0 bridgehead atoms. The predicted molar refractivity (Wildman–Crippen MR) is 88.7 cm³/mol. The summed E-state index contributed by atoms with van der Waals surface area (Å²) in [4.78, 5) is 21.5. The average Bonchev–Trinajstić information content (AvgIpc) is 3.00. The van der Waals surface area contributed by atoms with Crippen molar-refractivity contribution in [1.29, 1.82) is 0 Å². The van der Waals surface area contributed by atoms with Gasteiger partial charge in [-0.25, -0.2) is 4.68 Å². The van der Waals surface area contributed by atoms with E-state index in [9.17, 15) is 14.9 Å². The molecular weight excluding hydrogens is 362 g/mol. The molecule has 114 valence electrons. The van der Waals surface area contributed by atoms with Crippen LogP contribution in [0.25, 0.3) is 16.9 Å². The number of non-ortho nitro benzene ring substituents is 1. The first-order valence-corrected chi connectivity index (χ1v) is 7.43. The molecule has 7 heteroatoms. The standard InChI is InChI=1S/C16H10BrN3O3/c17-13-3-1-11(2-4-13)16-12(10-21)9-19(18-16)14-5-7-15(8-6-14)20(22)23/h1-10H. The first-order chi connectivity index (χ1) is 11.1. The number of carbonyl (C=O) groups excluding carboxylic acids is 1. The van der Waals surface area contributed by atoms with Crippen LogP contribution < -0.4 is 0 Å². The van der Waals surface area contributed by atoms with E-state index in [4.69, 9.17) is 0 Å². The smallest absolute Gasteiger partial charge is 0.269 e. The van der Waals surface area contributed by atoms with Gasteiger partial charge in [-0.15, -0.1) is 0 Å². The van der Waals surface area contributed by atoms with Crippen LogP contribution in [0.1, 0.15) is 10.4 Å². The zero-order valence-electron chi connectivity index (χ0n) is 11.7. The number of hydrogen-bond acceptors (Lipinski definition) is 4. The van der Waals surface area contributed by atoms with E-state index in [2.05, 4.69) is 21.0 Å². The fourth-order valence-electron chi connectivity index (χ4n) is 2.16. The molecule has 0 aliphatic heterocycles. The fourth-order valence-corrected chi connectivity index (χ4v) is 2.43. The lowest BCUT2D eigenvalue weighted by Gasteiger charge is -2.01. The van der Waals surface area contributed by atoms with E-state index in [1.165, 1.54) is 16.8 Å². The largest absolute Gasteiger partial charge is 0.298 e. The molecule has 1 heterocycles. The molecule has 0 unspecified atom stereocenters. The lowest BCUT2D eigenvalue weighted by molar-refractivity contribution is -0.384. The Hall–Kier alpha value is -2.80. The van der Waals surface area contributed by atoms with E-state index in [0.29, 0.717) is 16.9 Å². The van der Waals surface area contributed by atoms with Gasteiger partial charge in [-0.1, -0.05) is 28.1 Å². The van der Waals surface area contributed by atoms with Crippen molar-refractivity contribution in [3.8, 4) is 16.9 Å². The summed E-state index contributed by atoms with van der Waals surface area (Å²) in [5.74, 6) is 0. The summed E-state index contributed by atoms with van der Waals surface area (Å²) in [5, 5.41) is 15.1. The highest BCUT2D eigenvalue weighted by atomic mass is 79.9. The number of rotatable bonds is 4. The van der Waals surface area contributed by atoms with Crippen molar-refractivity contribution in [3.63, 3.8) is 0 Å². The Labute approximate surface area is 139 Å². The van der Waals surface area contributed by atoms with Gasteiger partial charge in [-0.05, 0) is 24.3 Å². The molecule has 23 heavy (non-hydrogen) atoms. The minimum Gasteiger partial charge on any atom is -0.298 e. The van der Waals surface area contributed by atoms with Crippen LogP contribution in [0.15, 0.2) is 59.2 Å². The molecule has 0 saturated carbocycles. The molecule has 0 N–H and O–H groups in total. The number of nitro groups is 1.